The van der Waals surface area contributed by atoms with Crippen molar-refractivity contribution in [3.63, 3.8) is 0 Å². The maximum atomic E-state index is 9.38. The van der Waals surface area contributed by atoms with Gasteiger partial charge in [-0.15, -0.1) is 0 Å². The molecule has 0 aliphatic rings. The van der Waals surface area contributed by atoms with E-state index in [4.69, 9.17) is 0 Å². The van der Waals surface area contributed by atoms with E-state index < -0.39 is 8.44 Å². The molecule has 0 fully saturated rings. The molecule has 5 heteroatoms. The molecule has 2 N–H and O–H groups in total. The number of hydrogen-bond donors (Lipinski definition) is 1. The van der Waals surface area contributed by atoms with Crippen LogP contribution < -0.4 is 5.14 Å². The van der Waals surface area contributed by atoms with E-state index >= 15 is 0 Å². The predicted octanol–water partition coefficient (Wildman–Crippen LogP) is -1.91. The van der Waals surface area contributed by atoms with E-state index in [-0.39, 0.29) is 0 Å². The van der Waals surface area contributed by atoms with Gasteiger partial charge in [-0.1, -0.05) is 0 Å². The molecule has 0 aliphatic heterocycles. The van der Waals surface area contributed by atoms with Crippen LogP contribution in [0.4, 0.5) is 0 Å². The van der Waals surface area contributed by atoms with Crippen LogP contribution in [-0.4, -0.2) is 23.3 Å². The van der Waals surface area contributed by atoms with Crippen LogP contribution in [0.1, 0.15) is 0 Å². The standard InChI is InChI=1S/H3NO2SSe/c1-4(2,3)5/h(H3,1,2,3,5). The van der Waals surface area contributed by atoms with Crippen molar-refractivity contribution in [3.05, 3.63) is 0 Å². The average molecular weight is 160 g/mol. The van der Waals surface area contributed by atoms with Crippen molar-refractivity contribution in [1.82, 2.24) is 0 Å². The van der Waals surface area contributed by atoms with Gasteiger partial charge in [-0.3, -0.25) is 0 Å². The maximum absolute atomic E-state index is 9.38. The molecule has 0 aromatic rings. The van der Waals surface area contributed by atoms with Gasteiger partial charge in [0.2, 0.25) is 0 Å². The van der Waals surface area contributed by atoms with Crippen molar-refractivity contribution in [2.45, 2.75) is 0 Å². The Bertz CT molecular complexity index is 92.8. The molecular formula is H3NO2SSe. The van der Waals surface area contributed by atoms with E-state index in [0.717, 1.165) is 0 Å². The Kier molecular flexibility index (Phi) is 1.37. The van der Waals surface area contributed by atoms with Crippen LogP contribution in [0.5, 0.6) is 0 Å². The van der Waals surface area contributed by atoms with Gasteiger partial charge in [0, 0.05) is 0 Å². The fraction of sp³-hybridized carbons (Fsp3) is 0. The topological polar surface area (TPSA) is 60.2 Å². The average Bonchev–Trinajstić information content (AvgIpc) is 0.722. The summed E-state index contributed by atoms with van der Waals surface area (Å²) in [7, 11) is -3.23. The van der Waals surface area contributed by atoms with Gasteiger partial charge in [-0.25, -0.2) is 0 Å². The summed E-state index contributed by atoms with van der Waals surface area (Å²) in [6.07, 6.45) is 0. The normalized spacial score (nSPS) is 11.6. The third kappa shape index (κ3) is 142. The van der Waals surface area contributed by atoms with Gasteiger partial charge in [0.15, 0.2) is 0 Å². The Morgan fingerprint density at radius 3 is 1.60 bits per heavy atom. The number of nitrogens with two attached hydrogens (primary N) is 1. The molecule has 0 aromatic carbocycles. The molecular weight excluding hydrogens is 157 g/mol. The Morgan fingerprint density at radius 2 is 1.60 bits per heavy atom. The van der Waals surface area contributed by atoms with Crippen LogP contribution in [0, 0.1) is 0 Å². The quantitative estimate of drug-likeness (QED) is 0.420. The Labute approximate surface area is 37.5 Å². The first kappa shape index (κ1) is 5.43. The van der Waals surface area contributed by atoms with Gasteiger partial charge in [0.05, 0.1) is 0 Å². The minimum atomic E-state index is -3.23. The molecule has 0 radical (unpaired) electrons. The predicted molar refractivity (Wildman–Crippen MR) is 20.3 cm³/mol. The van der Waals surface area contributed by atoms with Crippen LogP contribution in [0.25, 0.3) is 0 Å². The molecule has 0 spiro atoms. The minimum absolute atomic E-state index is 1.33. The van der Waals surface area contributed by atoms with Gasteiger partial charge < -0.3 is 0 Å². The molecule has 0 bridgehead atoms. The summed E-state index contributed by atoms with van der Waals surface area (Å²) in [6.45, 7) is 0. The van der Waals surface area contributed by atoms with E-state index in [2.05, 4.69) is 5.14 Å². The zero-order chi connectivity index (χ0) is 4.50. The van der Waals surface area contributed by atoms with Gasteiger partial charge in [0.25, 0.3) is 0 Å². The summed E-state index contributed by atoms with van der Waals surface area (Å²) < 4.78 is 18.8. The first-order chi connectivity index (χ1) is 2.00. The first-order valence-corrected chi connectivity index (χ1v) is 4.55. The van der Waals surface area contributed by atoms with E-state index in [1.165, 1.54) is 14.9 Å². The zero-order valence-electron chi connectivity index (χ0n) is 2.25. The third-order valence-electron chi connectivity index (χ3n) is 0. The molecule has 0 saturated carbocycles. The molecule has 0 aliphatic carbocycles. The fourth-order valence-corrected chi connectivity index (χ4v) is 0. The van der Waals surface area contributed by atoms with Crippen molar-refractivity contribution >= 4 is 23.3 Å². The molecule has 0 heterocycles. The molecule has 0 unspecified atom stereocenters. The van der Waals surface area contributed by atoms with Crippen molar-refractivity contribution < 1.29 is 8.42 Å². The van der Waals surface area contributed by atoms with Crippen molar-refractivity contribution in [2.24, 2.45) is 5.14 Å². The molecule has 0 amide bonds. The Balaban J connectivity index is 4.06. The van der Waals surface area contributed by atoms with Crippen molar-refractivity contribution in [1.29, 1.82) is 0 Å². The summed E-state index contributed by atoms with van der Waals surface area (Å²) in [5, 5.41) is 4.30. The summed E-state index contributed by atoms with van der Waals surface area (Å²) in [4.78, 5) is 0. The molecule has 0 rings (SSSR count). The second-order valence-electron chi connectivity index (χ2n) is 0.515. The summed E-state index contributed by atoms with van der Waals surface area (Å²) in [5.74, 6) is 0. The second kappa shape index (κ2) is 1.26. The molecule has 5 heavy (non-hydrogen) atoms. The second-order valence-corrected chi connectivity index (χ2v) is 4.75. The van der Waals surface area contributed by atoms with E-state index in [0.29, 0.717) is 0 Å². The van der Waals surface area contributed by atoms with E-state index in [1.54, 1.807) is 0 Å². The van der Waals surface area contributed by atoms with Gasteiger partial charge in [0.1, 0.15) is 0 Å². The van der Waals surface area contributed by atoms with Crippen molar-refractivity contribution in [2.75, 3.05) is 0 Å². The van der Waals surface area contributed by atoms with Crippen LogP contribution in [0.3, 0.4) is 0 Å². The molecule has 0 atom stereocenters. The summed E-state index contributed by atoms with van der Waals surface area (Å²) in [5.41, 5.74) is 0. The number of rotatable bonds is 0. The third-order valence-corrected chi connectivity index (χ3v) is 0. The van der Waals surface area contributed by atoms with Crippen LogP contribution >= 0.6 is 0 Å². The van der Waals surface area contributed by atoms with Gasteiger partial charge in [-0.2, -0.15) is 0 Å². The SMILES string of the molecule is NS(=O)(=O)[SeH]. The summed E-state index contributed by atoms with van der Waals surface area (Å²) >= 11 is 1.33. The van der Waals surface area contributed by atoms with Crippen molar-refractivity contribution in [3.8, 4) is 0 Å². The Hall–Kier alpha value is 0.429. The van der Waals surface area contributed by atoms with E-state index in [9.17, 15) is 8.42 Å². The zero-order valence-corrected chi connectivity index (χ0v) is 4.94. The molecule has 0 saturated heterocycles. The van der Waals surface area contributed by atoms with Gasteiger partial charge in [-0.05, 0) is 0 Å². The molecule has 0 aromatic heterocycles. The van der Waals surface area contributed by atoms with Crippen LogP contribution in [0.15, 0.2) is 0 Å². The van der Waals surface area contributed by atoms with Gasteiger partial charge >= 0.3 is 36.9 Å². The fourth-order valence-electron chi connectivity index (χ4n) is 0. The Morgan fingerprint density at radius 1 is 1.60 bits per heavy atom. The summed E-state index contributed by atoms with van der Waals surface area (Å²) in [6, 6.07) is 0. The first-order valence-electron chi connectivity index (χ1n) is 0.752. The van der Waals surface area contributed by atoms with E-state index in [1.807, 2.05) is 0 Å². The molecule has 3 nitrogen and oxygen atoms in total. The van der Waals surface area contributed by atoms with Crippen LogP contribution in [0.2, 0.25) is 0 Å². The monoisotopic (exact) mass is 161 g/mol. The molecule has 32 valence electrons. The number of hydrogen-bond acceptors (Lipinski definition) is 2. The van der Waals surface area contributed by atoms with Crippen LogP contribution in [-0.2, 0) is 8.44 Å².